The van der Waals surface area contributed by atoms with Gasteiger partial charge in [-0.05, 0) is 59.2 Å². The molecule has 9 heteroatoms. The molecule has 1 N–H and O–H groups in total. The third kappa shape index (κ3) is 4.14. The van der Waals surface area contributed by atoms with Crippen molar-refractivity contribution >= 4 is 5.69 Å². The minimum atomic E-state index is -0.282. The Kier molecular flexibility index (Phi) is 5.35. The van der Waals surface area contributed by atoms with Crippen LogP contribution in [-0.4, -0.2) is 61.9 Å². The summed E-state index contributed by atoms with van der Waals surface area (Å²) in [7, 11) is 0. The molecule has 2 atom stereocenters. The number of aromatic amines is 1. The van der Waals surface area contributed by atoms with Gasteiger partial charge in [0.1, 0.15) is 5.82 Å². The van der Waals surface area contributed by atoms with Crippen LogP contribution in [0.15, 0.2) is 30.5 Å². The molecule has 0 radical (unpaired) electrons. The molecule has 2 fully saturated rings. The van der Waals surface area contributed by atoms with Gasteiger partial charge in [-0.25, -0.2) is 4.39 Å². The normalized spacial score (nSPS) is 21.2. The lowest BCUT2D eigenvalue weighted by Gasteiger charge is -2.25. The van der Waals surface area contributed by atoms with E-state index in [0.29, 0.717) is 29.1 Å². The van der Waals surface area contributed by atoms with Crippen LogP contribution in [0, 0.1) is 23.6 Å². The molecule has 5 rings (SSSR count). The Morgan fingerprint density at radius 1 is 1.13 bits per heavy atom. The molecule has 8 nitrogen and oxygen atoms in total. The molecule has 3 aromatic rings. The summed E-state index contributed by atoms with van der Waals surface area (Å²) in [6.07, 6.45) is 2.54. The standard InChI is InChI=1S/C22H27FN8/c1-14(2)6-15-7-19(23)21(22-26-28-29-27-22)20(8-15)31-11-16-9-30(10-17(16)12-31)13-18-4-3-5-24-25-18/h3-5,7-8,14,16-17H,6,9-13H2,1-2H3,(H,26,27,28,29). The quantitative estimate of drug-likeness (QED) is 0.653. The van der Waals surface area contributed by atoms with Gasteiger partial charge in [-0.1, -0.05) is 13.8 Å². The molecular formula is C22H27FN8. The lowest BCUT2D eigenvalue weighted by Crippen LogP contribution is -2.29. The largest absolute Gasteiger partial charge is 0.370 e. The summed E-state index contributed by atoms with van der Waals surface area (Å²) < 4.78 is 15.2. The number of aromatic nitrogens is 6. The topological polar surface area (TPSA) is 86.7 Å². The van der Waals surface area contributed by atoms with Gasteiger partial charge < -0.3 is 4.90 Å². The van der Waals surface area contributed by atoms with Crippen LogP contribution < -0.4 is 4.90 Å². The zero-order valence-corrected chi connectivity index (χ0v) is 17.9. The maximum absolute atomic E-state index is 15.2. The average molecular weight is 423 g/mol. The van der Waals surface area contributed by atoms with Gasteiger partial charge in [0.05, 0.1) is 16.9 Å². The maximum atomic E-state index is 15.2. The highest BCUT2D eigenvalue weighted by molar-refractivity contribution is 5.76. The predicted molar refractivity (Wildman–Crippen MR) is 115 cm³/mol. The smallest absolute Gasteiger partial charge is 0.209 e. The zero-order valence-electron chi connectivity index (χ0n) is 17.9. The van der Waals surface area contributed by atoms with Gasteiger partial charge in [0.15, 0.2) is 0 Å². The second-order valence-electron chi connectivity index (χ2n) is 9.14. The molecular weight excluding hydrogens is 395 g/mol. The number of likely N-dealkylation sites (tertiary alicyclic amines) is 1. The zero-order chi connectivity index (χ0) is 21.4. The van der Waals surface area contributed by atoms with Crippen molar-refractivity contribution in [2.75, 3.05) is 31.1 Å². The number of nitrogens with one attached hydrogen (secondary N) is 1. The molecule has 1 aromatic carbocycles. The molecule has 0 saturated carbocycles. The molecule has 2 aromatic heterocycles. The summed E-state index contributed by atoms with van der Waals surface area (Å²) in [5, 5.41) is 22.4. The van der Waals surface area contributed by atoms with E-state index >= 15 is 4.39 Å². The van der Waals surface area contributed by atoms with Crippen LogP contribution in [0.2, 0.25) is 0 Å². The highest BCUT2D eigenvalue weighted by Gasteiger charge is 2.41. The van der Waals surface area contributed by atoms with Crippen molar-refractivity contribution < 1.29 is 4.39 Å². The lowest BCUT2D eigenvalue weighted by molar-refractivity contribution is 0.304. The Bertz CT molecular complexity index is 1010. The highest BCUT2D eigenvalue weighted by Crippen LogP contribution is 2.39. The molecule has 2 unspecified atom stereocenters. The van der Waals surface area contributed by atoms with E-state index in [2.05, 4.69) is 60.5 Å². The van der Waals surface area contributed by atoms with Crippen LogP contribution in [-0.2, 0) is 13.0 Å². The number of anilines is 1. The van der Waals surface area contributed by atoms with Crippen molar-refractivity contribution in [3.8, 4) is 11.4 Å². The lowest BCUT2D eigenvalue weighted by atomic mass is 9.99. The first-order valence-corrected chi connectivity index (χ1v) is 10.9. The van der Waals surface area contributed by atoms with Gasteiger partial charge in [-0.15, -0.1) is 10.2 Å². The van der Waals surface area contributed by atoms with Crippen molar-refractivity contribution in [3.63, 3.8) is 0 Å². The summed E-state index contributed by atoms with van der Waals surface area (Å²) >= 11 is 0. The first kappa shape index (κ1) is 20.0. The Morgan fingerprint density at radius 2 is 1.94 bits per heavy atom. The molecule has 2 saturated heterocycles. The van der Waals surface area contributed by atoms with Gasteiger partial charge in [0, 0.05) is 38.9 Å². The van der Waals surface area contributed by atoms with E-state index in [-0.39, 0.29) is 5.82 Å². The predicted octanol–water partition coefficient (Wildman–Crippen LogP) is 2.56. The van der Waals surface area contributed by atoms with Crippen LogP contribution >= 0.6 is 0 Å². The number of halogens is 1. The average Bonchev–Trinajstić information content (AvgIpc) is 3.44. The number of nitrogens with zero attached hydrogens (tertiary/aromatic N) is 7. The number of hydrogen-bond donors (Lipinski definition) is 1. The van der Waals surface area contributed by atoms with E-state index < -0.39 is 0 Å². The molecule has 0 bridgehead atoms. The Hall–Kier alpha value is -2.94. The van der Waals surface area contributed by atoms with Crippen molar-refractivity contribution in [2.24, 2.45) is 17.8 Å². The van der Waals surface area contributed by atoms with E-state index in [4.69, 9.17) is 0 Å². The van der Waals surface area contributed by atoms with Crippen LogP contribution in [0.4, 0.5) is 10.1 Å². The summed E-state index contributed by atoms with van der Waals surface area (Å²) in [5.41, 5.74) is 3.34. The molecule has 0 aliphatic carbocycles. The molecule has 4 heterocycles. The van der Waals surface area contributed by atoms with Crippen LogP contribution in [0.1, 0.15) is 25.1 Å². The minimum absolute atomic E-state index is 0.282. The maximum Gasteiger partial charge on any atom is 0.209 e. The summed E-state index contributed by atoms with van der Waals surface area (Å²) in [6, 6.07) is 7.69. The van der Waals surface area contributed by atoms with Gasteiger partial charge in [0.2, 0.25) is 5.82 Å². The summed E-state index contributed by atoms with van der Waals surface area (Å²) in [6.45, 7) is 8.96. The Balaban J connectivity index is 1.37. The van der Waals surface area contributed by atoms with Crippen LogP contribution in [0.25, 0.3) is 11.4 Å². The van der Waals surface area contributed by atoms with Crippen molar-refractivity contribution in [1.82, 2.24) is 35.7 Å². The van der Waals surface area contributed by atoms with E-state index in [1.54, 1.807) is 12.3 Å². The van der Waals surface area contributed by atoms with E-state index in [0.717, 1.165) is 56.1 Å². The van der Waals surface area contributed by atoms with Gasteiger partial charge in [-0.2, -0.15) is 15.4 Å². The SMILES string of the molecule is CC(C)Cc1cc(F)c(-c2nn[nH]n2)c(N2CC3CN(Cc4cccnn4)CC3C2)c1. The molecule has 31 heavy (non-hydrogen) atoms. The highest BCUT2D eigenvalue weighted by atomic mass is 19.1. The first-order valence-electron chi connectivity index (χ1n) is 10.9. The summed E-state index contributed by atoms with van der Waals surface area (Å²) in [4.78, 5) is 4.76. The number of tetrazole rings is 1. The molecule has 0 amide bonds. The second-order valence-corrected chi connectivity index (χ2v) is 9.14. The molecule has 0 spiro atoms. The number of hydrogen-bond acceptors (Lipinski definition) is 7. The number of benzene rings is 1. The van der Waals surface area contributed by atoms with Crippen molar-refractivity contribution in [1.29, 1.82) is 0 Å². The van der Waals surface area contributed by atoms with Crippen LogP contribution in [0.3, 0.4) is 0 Å². The van der Waals surface area contributed by atoms with Crippen molar-refractivity contribution in [3.05, 3.63) is 47.5 Å². The second kappa shape index (κ2) is 8.30. The van der Waals surface area contributed by atoms with Gasteiger partial charge in [0.25, 0.3) is 0 Å². The minimum Gasteiger partial charge on any atom is -0.370 e. The molecule has 162 valence electrons. The fourth-order valence-corrected chi connectivity index (χ4v) is 5.04. The monoisotopic (exact) mass is 422 g/mol. The fraction of sp³-hybridized carbons (Fsp3) is 0.500. The molecule has 2 aliphatic heterocycles. The number of H-pyrrole nitrogens is 1. The molecule has 2 aliphatic rings. The number of rotatable bonds is 6. The van der Waals surface area contributed by atoms with E-state index in [1.165, 1.54) is 0 Å². The van der Waals surface area contributed by atoms with Gasteiger partial charge >= 0.3 is 0 Å². The number of fused-ring (bicyclic) bond motifs is 1. The fourth-order valence-electron chi connectivity index (χ4n) is 5.04. The summed E-state index contributed by atoms with van der Waals surface area (Å²) in [5.74, 6) is 1.58. The first-order chi connectivity index (χ1) is 15.1. The van der Waals surface area contributed by atoms with E-state index in [1.807, 2.05) is 12.1 Å². The van der Waals surface area contributed by atoms with Crippen LogP contribution in [0.5, 0.6) is 0 Å². The third-order valence-electron chi connectivity index (χ3n) is 6.26. The van der Waals surface area contributed by atoms with E-state index in [9.17, 15) is 0 Å². The van der Waals surface area contributed by atoms with Crippen molar-refractivity contribution in [2.45, 2.75) is 26.8 Å². The Morgan fingerprint density at radius 3 is 2.58 bits per heavy atom. The Labute approximate surface area is 180 Å². The third-order valence-corrected chi connectivity index (χ3v) is 6.26. The van der Waals surface area contributed by atoms with Gasteiger partial charge in [-0.3, -0.25) is 4.90 Å².